The van der Waals surface area contributed by atoms with Crippen LogP contribution in [0.1, 0.15) is 44.0 Å². The second-order valence-corrected chi connectivity index (χ2v) is 8.28. The van der Waals surface area contributed by atoms with Crippen molar-refractivity contribution in [3.05, 3.63) is 29.8 Å². The molecule has 1 N–H and O–H groups in total. The molecule has 1 aromatic carbocycles. The first kappa shape index (κ1) is 20.4. The molecule has 0 radical (unpaired) electrons. The van der Waals surface area contributed by atoms with Crippen molar-refractivity contribution in [3.8, 4) is 0 Å². The number of rotatable bonds is 9. The number of benzene rings is 1. The molecule has 1 heterocycles. The van der Waals surface area contributed by atoms with E-state index < -0.39 is 28.4 Å². The van der Waals surface area contributed by atoms with E-state index in [-0.39, 0.29) is 16.5 Å². The molecule has 26 heavy (non-hydrogen) atoms. The van der Waals surface area contributed by atoms with Crippen molar-refractivity contribution in [2.75, 3.05) is 26.2 Å². The molecule has 1 aliphatic heterocycles. The summed E-state index contributed by atoms with van der Waals surface area (Å²) < 4.78 is 25.5. The molecule has 2 rings (SSSR count). The number of amides is 2. The molecule has 144 valence electrons. The van der Waals surface area contributed by atoms with Crippen molar-refractivity contribution in [1.82, 2.24) is 14.5 Å². The number of carbonyl (C=O) groups is 2. The van der Waals surface area contributed by atoms with Gasteiger partial charge in [-0.05, 0) is 51.5 Å². The van der Waals surface area contributed by atoms with Crippen LogP contribution < -0.4 is 5.32 Å². The largest absolute Gasteiger partial charge is 0.352 e. The minimum Gasteiger partial charge on any atom is -0.352 e. The van der Waals surface area contributed by atoms with Gasteiger partial charge in [0, 0.05) is 6.04 Å². The summed E-state index contributed by atoms with van der Waals surface area (Å²) in [6, 6.07) is 5.93. The highest BCUT2D eigenvalue weighted by Gasteiger charge is 2.41. The Kier molecular flexibility index (Phi) is 6.77. The van der Waals surface area contributed by atoms with E-state index >= 15 is 0 Å². The van der Waals surface area contributed by atoms with Crippen LogP contribution in [0.15, 0.2) is 29.2 Å². The molecule has 0 saturated heterocycles. The van der Waals surface area contributed by atoms with E-state index in [2.05, 4.69) is 24.1 Å². The number of carbonyl (C=O) groups excluding carboxylic acids is 2. The molecule has 1 atom stereocenters. The summed E-state index contributed by atoms with van der Waals surface area (Å²) in [5.41, 5.74) is 0.118. The summed E-state index contributed by atoms with van der Waals surface area (Å²) in [4.78, 5) is 26.8. The van der Waals surface area contributed by atoms with Crippen LogP contribution in [0.4, 0.5) is 0 Å². The second-order valence-electron chi connectivity index (χ2n) is 6.45. The SMILES string of the molecule is CCN(CC)CCCC(C)NC(=O)CN1C(=O)c2ccccc2S1(=O)=O. The zero-order chi connectivity index (χ0) is 19.3. The van der Waals surface area contributed by atoms with Crippen molar-refractivity contribution in [2.45, 2.75) is 44.6 Å². The van der Waals surface area contributed by atoms with Gasteiger partial charge >= 0.3 is 0 Å². The molecular weight excluding hydrogens is 354 g/mol. The van der Waals surface area contributed by atoms with Gasteiger partial charge in [0.2, 0.25) is 5.91 Å². The second kappa shape index (κ2) is 8.64. The Morgan fingerprint density at radius 3 is 2.50 bits per heavy atom. The Morgan fingerprint density at radius 2 is 1.88 bits per heavy atom. The maximum atomic E-state index is 12.4. The van der Waals surface area contributed by atoms with Crippen LogP contribution in [-0.4, -0.2) is 61.7 Å². The monoisotopic (exact) mass is 381 g/mol. The third-order valence-corrected chi connectivity index (χ3v) is 6.40. The van der Waals surface area contributed by atoms with Gasteiger partial charge in [-0.1, -0.05) is 26.0 Å². The number of fused-ring (bicyclic) bond motifs is 1. The minimum absolute atomic E-state index is 0.0370. The first-order chi connectivity index (χ1) is 12.3. The summed E-state index contributed by atoms with van der Waals surface area (Å²) >= 11 is 0. The molecule has 1 unspecified atom stereocenters. The lowest BCUT2D eigenvalue weighted by molar-refractivity contribution is -0.121. The topological polar surface area (TPSA) is 86.8 Å². The van der Waals surface area contributed by atoms with E-state index in [1.807, 2.05) is 6.92 Å². The molecule has 0 spiro atoms. The lowest BCUT2D eigenvalue weighted by atomic mass is 10.1. The quantitative estimate of drug-likeness (QED) is 0.700. The lowest BCUT2D eigenvalue weighted by Gasteiger charge is -2.20. The zero-order valence-corrected chi connectivity index (χ0v) is 16.4. The van der Waals surface area contributed by atoms with Gasteiger partial charge in [0.25, 0.3) is 15.9 Å². The summed E-state index contributed by atoms with van der Waals surface area (Å²) in [6.45, 7) is 8.56. The predicted octanol–water partition coefficient (Wildman–Crippen LogP) is 1.46. The van der Waals surface area contributed by atoms with E-state index in [4.69, 9.17) is 0 Å². The predicted molar refractivity (Wildman–Crippen MR) is 99.3 cm³/mol. The molecule has 0 saturated carbocycles. The van der Waals surface area contributed by atoms with Gasteiger partial charge in [-0.15, -0.1) is 0 Å². The first-order valence-electron chi connectivity index (χ1n) is 8.99. The van der Waals surface area contributed by atoms with Crippen molar-refractivity contribution in [1.29, 1.82) is 0 Å². The Labute approximate surface area is 155 Å². The Balaban J connectivity index is 1.89. The van der Waals surface area contributed by atoms with Gasteiger partial charge in [-0.2, -0.15) is 0 Å². The normalized spacial score (nSPS) is 16.6. The lowest BCUT2D eigenvalue weighted by Crippen LogP contribution is -2.43. The Morgan fingerprint density at radius 1 is 1.23 bits per heavy atom. The van der Waals surface area contributed by atoms with E-state index in [1.54, 1.807) is 12.1 Å². The molecule has 1 aromatic rings. The van der Waals surface area contributed by atoms with Crippen LogP contribution in [-0.2, 0) is 14.8 Å². The van der Waals surface area contributed by atoms with Crippen molar-refractivity contribution >= 4 is 21.8 Å². The highest BCUT2D eigenvalue weighted by molar-refractivity contribution is 7.90. The van der Waals surface area contributed by atoms with Crippen molar-refractivity contribution in [3.63, 3.8) is 0 Å². The maximum absolute atomic E-state index is 12.4. The molecule has 8 heteroatoms. The molecule has 0 aliphatic carbocycles. The number of nitrogens with zero attached hydrogens (tertiary/aromatic N) is 2. The van der Waals surface area contributed by atoms with Gasteiger partial charge in [-0.3, -0.25) is 9.59 Å². The van der Waals surface area contributed by atoms with E-state index in [1.165, 1.54) is 12.1 Å². The van der Waals surface area contributed by atoms with E-state index in [9.17, 15) is 18.0 Å². The fraction of sp³-hybridized carbons (Fsp3) is 0.556. The summed E-state index contributed by atoms with van der Waals surface area (Å²) in [5.74, 6) is -1.12. The molecule has 0 fully saturated rings. The third-order valence-electron chi connectivity index (χ3n) is 4.61. The minimum atomic E-state index is -3.95. The van der Waals surface area contributed by atoms with Crippen LogP contribution in [0, 0.1) is 0 Å². The van der Waals surface area contributed by atoms with Crippen LogP contribution in [0.25, 0.3) is 0 Å². The summed E-state index contributed by atoms with van der Waals surface area (Å²) in [7, 11) is -3.95. The summed E-state index contributed by atoms with van der Waals surface area (Å²) in [5, 5.41) is 2.79. The average Bonchev–Trinajstić information content (AvgIpc) is 2.80. The maximum Gasteiger partial charge on any atom is 0.269 e. The van der Waals surface area contributed by atoms with Gasteiger partial charge in [0.15, 0.2) is 0 Å². The zero-order valence-electron chi connectivity index (χ0n) is 15.6. The molecule has 1 aliphatic rings. The first-order valence-corrected chi connectivity index (χ1v) is 10.4. The fourth-order valence-electron chi connectivity index (χ4n) is 3.07. The third kappa shape index (κ3) is 4.42. The van der Waals surface area contributed by atoms with E-state index in [0.717, 1.165) is 32.5 Å². The van der Waals surface area contributed by atoms with Crippen molar-refractivity contribution < 1.29 is 18.0 Å². The Bertz CT molecular complexity index is 759. The van der Waals surface area contributed by atoms with Gasteiger partial charge in [0.05, 0.1) is 5.56 Å². The standard InChI is InChI=1S/C18H27N3O4S/c1-4-20(5-2)12-8-9-14(3)19-17(22)13-21-18(23)15-10-6-7-11-16(15)26(21,24)25/h6-7,10-11,14H,4-5,8-9,12-13H2,1-3H3,(H,19,22). The van der Waals surface area contributed by atoms with Gasteiger partial charge in [-0.25, -0.2) is 12.7 Å². The van der Waals surface area contributed by atoms with Gasteiger partial charge < -0.3 is 10.2 Å². The number of sulfonamides is 1. The van der Waals surface area contributed by atoms with Crippen LogP contribution in [0.3, 0.4) is 0 Å². The number of nitrogens with one attached hydrogen (secondary N) is 1. The van der Waals surface area contributed by atoms with Crippen molar-refractivity contribution in [2.24, 2.45) is 0 Å². The average molecular weight is 381 g/mol. The molecule has 0 bridgehead atoms. The highest BCUT2D eigenvalue weighted by Crippen LogP contribution is 2.29. The summed E-state index contributed by atoms with van der Waals surface area (Å²) in [6.07, 6.45) is 1.73. The van der Waals surface area contributed by atoms with Crippen LogP contribution >= 0.6 is 0 Å². The highest BCUT2D eigenvalue weighted by atomic mass is 32.2. The molecular formula is C18H27N3O4S. The smallest absolute Gasteiger partial charge is 0.269 e. The van der Waals surface area contributed by atoms with Gasteiger partial charge in [0.1, 0.15) is 11.4 Å². The number of hydrogen-bond donors (Lipinski definition) is 1. The number of hydrogen-bond acceptors (Lipinski definition) is 5. The van der Waals surface area contributed by atoms with Crippen LogP contribution in [0.2, 0.25) is 0 Å². The van der Waals surface area contributed by atoms with E-state index in [0.29, 0.717) is 4.31 Å². The molecule has 7 nitrogen and oxygen atoms in total. The van der Waals surface area contributed by atoms with Crippen LogP contribution in [0.5, 0.6) is 0 Å². The molecule has 2 amide bonds. The molecule has 0 aromatic heterocycles. The fourth-order valence-corrected chi connectivity index (χ4v) is 4.60. The Hall–Kier alpha value is -1.93.